The maximum absolute atomic E-state index is 11.3. The van der Waals surface area contributed by atoms with Crippen molar-refractivity contribution in [1.29, 1.82) is 0 Å². The molecule has 1 aromatic heterocycles. The highest BCUT2D eigenvalue weighted by molar-refractivity contribution is 5.90. The Morgan fingerprint density at radius 1 is 1.13 bits per heavy atom. The fraction of sp³-hybridized carbons (Fsp3) is 0.250. The largest absolute Gasteiger partial charge is 0.487 e. The van der Waals surface area contributed by atoms with Crippen molar-refractivity contribution in [3.8, 4) is 17.2 Å². The Hall–Kier alpha value is -3.54. The molecule has 6 heteroatoms. The molecule has 0 saturated heterocycles. The van der Waals surface area contributed by atoms with Gasteiger partial charge < -0.3 is 19.0 Å². The van der Waals surface area contributed by atoms with Gasteiger partial charge in [0.2, 0.25) is 11.6 Å². The molecule has 1 N–H and O–H groups in total. The van der Waals surface area contributed by atoms with Crippen molar-refractivity contribution < 1.29 is 23.8 Å². The average Bonchev–Trinajstić information content (AvgIpc) is 3.08. The molecule has 3 aromatic rings. The van der Waals surface area contributed by atoms with Gasteiger partial charge in [-0.3, -0.25) is 0 Å². The van der Waals surface area contributed by atoms with Gasteiger partial charge in [-0.1, -0.05) is 24.3 Å². The fourth-order valence-electron chi connectivity index (χ4n) is 3.00. The van der Waals surface area contributed by atoms with Crippen molar-refractivity contribution >= 4 is 12.0 Å². The van der Waals surface area contributed by atoms with E-state index in [1.165, 1.54) is 6.08 Å². The SMILES string of the molecule is CCOC(=Cc1ccc(OCc2nc(-c3ccccc3C)oc2C)cc1C)C(=O)O. The summed E-state index contributed by atoms with van der Waals surface area (Å²) in [5.41, 5.74) is 4.43. The first-order valence-electron chi connectivity index (χ1n) is 9.72. The number of carboxylic acids is 1. The predicted molar refractivity (Wildman–Crippen MR) is 114 cm³/mol. The van der Waals surface area contributed by atoms with E-state index in [-0.39, 0.29) is 12.4 Å². The van der Waals surface area contributed by atoms with Crippen LogP contribution in [0.2, 0.25) is 0 Å². The lowest BCUT2D eigenvalue weighted by atomic mass is 10.1. The third-order valence-electron chi connectivity index (χ3n) is 4.68. The van der Waals surface area contributed by atoms with Crippen molar-refractivity contribution in [3.05, 3.63) is 76.4 Å². The van der Waals surface area contributed by atoms with Crippen LogP contribution in [0.5, 0.6) is 5.75 Å². The van der Waals surface area contributed by atoms with E-state index in [4.69, 9.17) is 13.9 Å². The summed E-state index contributed by atoms with van der Waals surface area (Å²) in [4.78, 5) is 15.8. The lowest BCUT2D eigenvalue weighted by Crippen LogP contribution is -2.05. The van der Waals surface area contributed by atoms with E-state index in [2.05, 4.69) is 4.98 Å². The molecule has 2 aromatic carbocycles. The molecule has 0 aliphatic rings. The van der Waals surface area contributed by atoms with Crippen molar-refractivity contribution in [1.82, 2.24) is 4.98 Å². The first-order chi connectivity index (χ1) is 14.4. The van der Waals surface area contributed by atoms with Gasteiger partial charge in [-0.05, 0) is 68.7 Å². The van der Waals surface area contributed by atoms with Crippen LogP contribution in [0.15, 0.2) is 52.6 Å². The van der Waals surface area contributed by atoms with Crippen LogP contribution >= 0.6 is 0 Å². The smallest absolute Gasteiger partial charge is 0.371 e. The van der Waals surface area contributed by atoms with Crippen LogP contribution in [0, 0.1) is 20.8 Å². The lowest BCUT2D eigenvalue weighted by Gasteiger charge is -2.09. The minimum atomic E-state index is -1.09. The van der Waals surface area contributed by atoms with E-state index in [0.717, 1.165) is 27.9 Å². The van der Waals surface area contributed by atoms with Crippen LogP contribution in [0.3, 0.4) is 0 Å². The van der Waals surface area contributed by atoms with E-state index >= 15 is 0 Å². The molecule has 3 rings (SSSR count). The maximum Gasteiger partial charge on any atom is 0.371 e. The number of hydrogen-bond acceptors (Lipinski definition) is 5. The Balaban J connectivity index is 1.74. The molecule has 0 fully saturated rings. The van der Waals surface area contributed by atoms with Crippen LogP contribution in [-0.2, 0) is 16.1 Å². The second-order valence-electron chi connectivity index (χ2n) is 6.89. The van der Waals surface area contributed by atoms with Crippen molar-refractivity contribution in [2.45, 2.75) is 34.3 Å². The van der Waals surface area contributed by atoms with Crippen LogP contribution in [0.25, 0.3) is 17.5 Å². The summed E-state index contributed by atoms with van der Waals surface area (Å²) in [6, 6.07) is 13.4. The molecule has 1 heterocycles. The van der Waals surface area contributed by atoms with Crippen LogP contribution in [-0.4, -0.2) is 22.7 Å². The summed E-state index contributed by atoms with van der Waals surface area (Å²) in [6.45, 7) is 8.09. The number of aryl methyl sites for hydroxylation is 3. The number of carbonyl (C=O) groups is 1. The Morgan fingerprint density at radius 3 is 2.57 bits per heavy atom. The lowest BCUT2D eigenvalue weighted by molar-refractivity contribution is -0.136. The second-order valence-corrected chi connectivity index (χ2v) is 6.89. The molecule has 0 amide bonds. The first-order valence-corrected chi connectivity index (χ1v) is 9.72. The quantitative estimate of drug-likeness (QED) is 0.403. The summed E-state index contributed by atoms with van der Waals surface area (Å²) in [7, 11) is 0. The molecule has 30 heavy (non-hydrogen) atoms. The van der Waals surface area contributed by atoms with E-state index < -0.39 is 5.97 Å². The van der Waals surface area contributed by atoms with Gasteiger partial charge in [0, 0.05) is 5.56 Å². The third-order valence-corrected chi connectivity index (χ3v) is 4.68. The summed E-state index contributed by atoms with van der Waals surface area (Å²) < 4.78 is 16.9. The van der Waals surface area contributed by atoms with Crippen LogP contribution < -0.4 is 4.74 Å². The Morgan fingerprint density at radius 2 is 1.90 bits per heavy atom. The summed E-state index contributed by atoms with van der Waals surface area (Å²) in [5.74, 6) is 0.780. The van der Waals surface area contributed by atoms with E-state index in [9.17, 15) is 9.90 Å². The number of carboxylic acid groups (broad SMARTS) is 1. The number of ether oxygens (including phenoxy) is 2. The molecule has 0 saturated carbocycles. The number of aliphatic carboxylic acids is 1. The number of oxazole rings is 1. The van der Waals surface area contributed by atoms with Crippen LogP contribution in [0.1, 0.15) is 35.1 Å². The molecule has 0 aliphatic heterocycles. The minimum absolute atomic E-state index is 0.0868. The highest BCUT2D eigenvalue weighted by Crippen LogP contribution is 2.26. The Kier molecular flexibility index (Phi) is 6.57. The highest BCUT2D eigenvalue weighted by Gasteiger charge is 2.14. The predicted octanol–water partition coefficient (Wildman–Crippen LogP) is 5.31. The van der Waals surface area contributed by atoms with Gasteiger partial charge in [0.15, 0.2) is 0 Å². The van der Waals surface area contributed by atoms with Gasteiger partial charge in [-0.15, -0.1) is 0 Å². The molecule has 0 bridgehead atoms. The standard InChI is InChI=1S/C24H25NO5/c1-5-28-22(24(26)27)13-18-10-11-19(12-16(18)3)29-14-21-17(4)30-23(25-21)20-9-7-6-8-15(20)2/h6-13H,5,14H2,1-4H3,(H,26,27). The molecule has 156 valence electrons. The molecular weight excluding hydrogens is 382 g/mol. The van der Waals surface area contributed by atoms with Gasteiger partial charge in [0.25, 0.3) is 0 Å². The van der Waals surface area contributed by atoms with E-state index in [1.807, 2.05) is 51.1 Å². The monoisotopic (exact) mass is 407 g/mol. The highest BCUT2D eigenvalue weighted by atomic mass is 16.5. The molecular formula is C24H25NO5. The van der Waals surface area contributed by atoms with Gasteiger partial charge in [-0.25, -0.2) is 9.78 Å². The minimum Gasteiger partial charge on any atom is -0.487 e. The molecule has 0 spiro atoms. The zero-order valence-electron chi connectivity index (χ0n) is 17.6. The van der Waals surface area contributed by atoms with Crippen LogP contribution in [0.4, 0.5) is 0 Å². The topological polar surface area (TPSA) is 81.8 Å². The molecule has 0 atom stereocenters. The zero-order chi connectivity index (χ0) is 21.7. The van der Waals surface area contributed by atoms with E-state index in [1.54, 1.807) is 19.1 Å². The Bertz CT molecular complexity index is 1080. The first kappa shape index (κ1) is 21.2. The molecule has 6 nitrogen and oxygen atoms in total. The molecule has 0 unspecified atom stereocenters. The summed E-state index contributed by atoms with van der Waals surface area (Å²) in [5, 5.41) is 9.22. The fourth-order valence-corrected chi connectivity index (χ4v) is 3.00. The maximum atomic E-state index is 11.3. The van der Waals surface area contributed by atoms with Gasteiger partial charge >= 0.3 is 5.97 Å². The number of aromatic nitrogens is 1. The van der Waals surface area contributed by atoms with Gasteiger partial charge in [-0.2, -0.15) is 0 Å². The van der Waals surface area contributed by atoms with Crippen molar-refractivity contribution in [3.63, 3.8) is 0 Å². The third kappa shape index (κ3) is 4.89. The van der Waals surface area contributed by atoms with Crippen molar-refractivity contribution in [2.75, 3.05) is 6.61 Å². The number of hydrogen-bond donors (Lipinski definition) is 1. The summed E-state index contributed by atoms with van der Waals surface area (Å²) >= 11 is 0. The summed E-state index contributed by atoms with van der Waals surface area (Å²) in [6.07, 6.45) is 1.52. The average molecular weight is 407 g/mol. The van der Waals surface area contributed by atoms with Gasteiger partial charge in [0.05, 0.1) is 6.61 Å². The molecule has 0 aliphatic carbocycles. The Labute approximate surface area is 175 Å². The van der Waals surface area contributed by atoms with E-state index in [0.29, 0.717) is 24.0 Å². The number of rotatable bonds is 8. The van der Waals surface area contributed by atoms with Gasteiger partial charge in [0.1, 0.15) is 23.8 Å². The second kappa shape index (κ2) is 9.31. The zero-order valence-corrected chi connectivity index (χ0v) is 17.6. The number of nitrogens with zero attached hydrogens (tertiary/aromatic N) is 1. The van der Waals surface area contributed by atoms with Crippen molar-refractivity contribution in [2.24, 2.45) is 0 Å². The normalized spacial score (nSPS) is 11.4. The number of benzene rings is 2. The molecule has 0 radical (unpaired) electrons.